The molecular formula is C27H38ClN3O5S. The van der Waals surface area contributed by atoms with Crippen molar-refractivity contribution in [3.8, 4) is 5.75 Å². The van der Waals surface area contributed by atoms with E-state index in [4.69, 9.17) is 16.3 Å². The molecule has 0 aliphatic rings. The Bertz CT molecular complexity index is 1130. The Kier molecular flexibility index (Phi) is 12.2. The van der Waals surface area contributed by atoms with Crippen LogP contribution in [0.1, 0.15) is 52.0 Å². The fourth-order valence-electron chi connectivity index (χ4n) is 3.83. The van der Waals surface area contributed by atoms with Gasteiger partial charge in [0.15, 0.2) is 0 Å². The molecular weight excluding hydrogens is 514 g/mol. The van der Waals surface area contributed by atoms with E-state index >= 15 is 0 Å². The van der Waals surface area contributed by atoms with Crippen molar-refractivity contribution in [2.24, 2.45) is 0 Å². The number of halogens is 1. The monoisotopic (exact) mass is 551 g/mol. The van der Waals surface area contributed by atoms with Crippen molar-refractivity contribution in [1.82, 2.24) is 10.2 Å². The molecule has 2 aromatic rings. The predicted octanol–water partition coefficient (Wildman–Crippen LogP) is 4.62. The molecule has 2 aromatic carbocycles. The van der Waals surface area contributed by atoms with Gasteiger partial charge in [-0.25, -0.2) is 8.42 Å². The molecule has 0 aliphatic heterocycles. The van der Waals surface area contributed by atoms with Crippen LogP contribution in [0.3, 0.4) is 0 Å². The summed E-state index contributed by atoms with van der Waals surface area (Å²) in [5.74, 6) is 0.187. The molecule has 0 aromatic heterocycles. The van der Waals surface area contributed by atoms with Gasteiger partial charge in [0.05, 0.1) is 18.6 Å². The number of carbonyl (C=O) groups is 2. The third-order valence-corrected chi connectivity index (χ3v) is 7.26. The van der Waals surface area contributed by atoms with Gasteiger partial charge in [0.1, 0.15) is 11.8 Å². The first-order chi connectivity index (χ1) is 17.6. The van der Waals surface area contributed by atoms with Gasteiger partial charge in [-0.15, -0.1) is 0 Å². The molecule has 0 bridgehead atoms. The lowest BCUT2D eigenvalue weighted by molar-refractivity contribution is -0.140. The van der Waals surface area contributed by atoms with E-state index in [-0.39, 0.29) is 37.7 Å². The van der Waals surface area contributed by atoms with Gasteiger partial charge in [0.25, 0.3) is 0 Å². The average Bonchev–Trinajstić information content (AvgIpc) is 2.85. The molecule has 10 heteroatoms. The second-order valence-electron chi connectivity index (χ2n) is 8.84. The Balaban J connectivity index is 2.13. The first-order valence-electron chi connectivity index (χ1n) is 12.6. The molecule has 0 unspecified atom stereocenters. The number of ether oxygens (including phenoxy) is 1. The first kappa shape index (κ1) is 30.4. The maximum atomic E-state index is 13.3. The van der Waals surface area contributed by atoms with Crippen LogP contribution >= 0.6 is 11.6 Å². The minimum absolute atomic E-state index is 0.0796. The lowest BCUT2D eigenvalue weighted by Crippen LogP contribution is -2.48. The van der Waals surface area contributed by atoms with Crippen LogP contribution in [-0.4, -0.2) is 57.1 Å². The SMILES string of the molecule is CCCCNC(=O)[C@@H](C)N(Cc1cccc(Cl)c1)C(=O)CCCN(c1ccc(OCC)cc1)S(C)(=O)=O. The van der Waals surface area contributed by atoms with Crippen LogP contribution in [0.4, 0.5) is 5.69 Å². The number of nitrogens with zero attached hydrogens (tertiary/aromatic N) is 2. The number of amides is 2. The summed E-state index contributed by atoms with van der Waals surface area (Å²) in [6.07, 6.45) is 3.31. The van der Waals surface area contributed by atoms with Crippen molar-refractivity contribution < 1.29 is 22.7 Å². The van der Waals surface area contributed by atoms with Crippen molar-refractivity contribution in [2.75, 3.05) is 30.3 Å². The molecule has 0 spiro atoms. The molecule has 0 radical (unpaired) electrons. The van der Waals surface area contributed by atoms with Crippen LogP contribution in [0.5, 0.6) is 5.75 Å². The summed E-state index contributed by atoms with van der Waals surface area (Å²) in [5.41, 5.74) is 1.30. The van der Waals surface area contributed by atoms with Gasteiger partial charge < -0.3 is 15.0 Å². The number of unbranched alkanes of at least 4 members (excludes halogenated alkanes) is 1. The summed E-state index contributed by atoms with van der Waals surface area (Å²) in [5, 5.41) is 3.43. The minimum Gasteiger partial charge on any atom is -0.494 e. The second kappa shape index (κ2) is 14.8. The fraction of sp³-hybridized carbons (Fsp3) is 0.481. The summed E-state index contributed by atoms with van der Waals surface area (Å²) < 4.78 is 31.7. The van der Waals surface area contributed by atoms with Crippen molar-refractivity contribution >= 4 is 39.1 Å². The fourth-order valence-corrected chi connectivity index (χ4v) is 5.01. The third-order valence-electron chi connectivity index (χ3n) is 5.83. The normalized spacial score (nSPS) is 12.0. The highest BCUT2D eigenvalue weighted by molar-refractivity contribution is 7.92. The molecule has 1 N–H and O–H groups in total. The average molecular weight is 552 g/mol. The Hall–Kier alpha value is -2.78. The molecule has 0 fully saturated rings. The first-order valence-corrected chi connectivity index (χ1v) is 14.8. The smallest absolute Gasteiger partial charge is 0.242 e. The summed E-state index contributed by atoms with van der Waals surface area (Å²) in [6, 6.07) is 13.3. The molecule has 1 atom stereocenters. The Morgan fingerprint density at radius 1 is 1.08 bits per heavy atom. The van der Waals surface area contributed by atoms with Gasteiger partial charge in [-0.2, -0.15) is 0 Å². The zero-order chi connectivity index (χ0) is 27.4. The Labute approximate surface area is 226 Å². The standard InChI is InChI=1S/C27H38ClN3O5S/c1-5-7-17-29-27(33)21(3)30(20-22-10-8-11-23(28)19-22)26(32)12-9-18-31(37(4,34)35)24-13-15-25(16-14-24)36-6-2/h8,10-11,13-16,19,21H,5-7,9,12,17-18,20H2,1-4H3,(H,29,33)/t21-/m1/s1. The second-order valence-corrected chi connectivity index (χ2v) is 11.2. The van der Waals surface area contributed by atoms with Crippen molar-refractivity contribution in [3.05, 3.63) is 59.1 Å². The number of hydrogen-bond acceptors (Lipinski definition) is 5. The van der Waals surface area contributed by atoms with Crippen molar-refractivity contribution in [2.45, 2.75) is 59.0 Å². The van der Waals surface area contributed by atoms with Crippen LogP contribution in [0.25, 0.3) is 0 Å². The van der Waals surface area contributed by atoms with E-state index in [2.05, 4.69) is 5.32 Å². The number of carbonyl (C=O) groups excluding carboxylic acids is 2. The Morgan fingerprint density at radius 2 is 1.78 bits per heavy atom. The van der Waals surface area contributed by atoms with Crippen LogP contribution in [0.15, 0.2) is 48.5 Å². The lowest BCUT2D eigenvalue weighted by atomic mass is 10.1. The number of hydrogen-bond donors (Lipinski definition) is 1. The number of benzene rings is 2. The largest absolute Gasteiger partial charge is 0.494 e. The molecule has 0 aliphatic carbocycles. The van der Waals surface area contributed by atoms with Crippen LogP contribution < -0.4 is 14.4 Å². The summed E-state index contributed by atoms with van der Waals surface area (Å²) in [4.78, 5) is 27.6. The maximum absolute atomic E-state index is 13.3. The lowest BCUT2D eigenvalue weighted by Gasteiger charge is -2.29. The van der Waals surface area contributed by atoms with Crippen LogP contribution in [-0.2, 0) is 26.2 Å². The van der Waals surface area contributed by atoms with E-state index in [0.717, 1.165) is 24.7 Å². The van der Waals surface area contributed by atoms with Gasteiger partial charge in [-0.1, -0.05) is 37.1 Å². The van der Waals surface area contributed by atoms with E-state index < -0.39 is 16.1 Å². The van der Waals surface area contributed by atoms with E-state index in [1.165, 1.54) is 9.21 Å². The van der Waals surface area contributed by atoms with E-state index in [1.807, 2.05) is 19.9 Å². The van der Waals surface area contributed by atoms with Gasteiger partial charge >= 0.3 is 0 Å². The van der Waals surface area contributed by atoms with E-state index in [1.54, 1.807) is 49.4 Å². The molecule has 0 saturated carbocycles. The van der Waals surface area contributed by atoms with Gasteiger partial charge in [-0.05, 0) is 68.7 Å². The number of nitrogens with one attached hydrogen (secondary N) is 1. The number of anilines is 1. The molecule has 2 amide bonds. The number of rotatable bonds is 15. The topological polar surface area (TPSA) is 96.0 Å². The molecule has 0 saturated heterocycles. The van der Waals surface area contributed by atoms with Crippen molar-refractivity contribution in [3.63, 3.8) is 0 Å². The van der Waals surface area contributed by atoms with Gasteiger partial charge in [0.2, 0.25) is 21.8 Å². The highest BCUT2D eigenvalue weighted by Crippen LogP contribution is 2.23. The molecule has 37 heavy (non-hydrogen) atoms. The zero-order valence-corrected chi connectivity index (χ0v) is 23.6. The number of sulfonamides is 1. The highest BCUT2D eigenvalue weighted by atomic mass is 35.5. The third kappa shape index (κ3) is 9.89. The van der Waals surface area contributed by atoms with E-state index in [0.29, 0.717) is 29.6 Å². The maximum Gasteiger partial charge on any atom is 0.242 e. The summed E-state index contributed by atoms with van der Waals surface area (Å²) in [6.45, 7) is 7.02. The predicted molar refractivity (Wildman–Crippen MR) is 148 cm³/mol. The molecule has 2 rings (SSSR count). The quantitative estimate of drug-likeness (QED) is 0.326. The van der Waals surface area contributed by atoms with Gasteiger partial charge in [-0.3, -0.25) is 13.9 Å². The molecule has 204 valence electrons. The van der Waals surface area contributed by atoms with Crippen LogP contribution in [0.2, 0.25) is 5.02 Å². The highest BCUT2D eigenvalue weighted by Gasteiger charge is 2.26. The molecule has 0 heterocycles. The van der Waals surface area contributed by atoms with Crippen molar-refractivity contribution in [1.29, 1.82) is 0 Å². The van der Waals surface area contributed by atoms with Gasteiger partial charge in [0, 0.05) is 31.1 Å². The summed E-state index contributed by atoms with van der Waals surface area (Å²) in [7, 11) is -3.57. The minimum atomic E-state index is -3.57. The Morgan fingerprint density at radius 3 is 2.38 bits per heavy atom. The van der Waals surface area contributed by atoms with Crippen LogP contribution in [0, 0.1) is 0 Å². The van der Waals surface area contributed by atoms with E-state index in [9.17, 15) is 18.0 Å². The zero-order valence-electron chi connectivity index (χ0n) is 22.1. The molecule has 8 nitrogen and oxygen atoms in total. The summed E-state index contributed by atoms with van der Waals surface area (Å²) >= 11 is 6.13.